The SMILES string of the molecule is Cc1cc2c(CCCC(=O)O)c3oc(C)cc3c(Cl)c2o1. The highest BCUT2D eigenvalue weighted by molar-refractivity contribution is 6.40. The topological polar surface area (TPSA) is 63.6 Å². The van der Waals surface area contributed by atoms with Crippen LogP contribution in [0, 0.1) is 13.8 Å². The lowest BCUT2D eigenvalue weighted by molar-refractivity contribution is -0.137. The molecular weight excluding hydrogens is 292 g/mol. The summed E-state index contributed by atoms with van der Waals surface area (Å²) in [5.41, 5.74) is 2.35. The van der Waals surface area contributed by atoms with Gasteiger partial charge in [-0.1, -0.05) is 11.6 Å². The number of hydrogen-bond acceptors (Lipinski definition) is 3. The molecule has 0 saturated heterocycles. The van der Waals surface area contributed by atoms with Crippen LogP contribution in [0.2, 0.25) is 5.02 Å². The van der Waals surface area contributed by atoms with Gasteiger partial charge in [0.2, 0.25) is 0 Å². The fraction of sp³-hybridized carbons (Fsp3) is 0.312. The molecule has 0 unspecified atom stereocenters. The van der Waals surface area contributed by atoms with Crippen molar-refractivity contribution in [1.82, 2.24) is 0 Å². The third-order valence-corrected chi connectivity index (χ3v) is 3.94. The van der Waals surface area contributed by atoms with E-state index in [0.717, 1.165) is 33.4 Å². The Hall–Kier alpha value is -1.94. The molecule has 0 aliphatic heterocycles. The molecule has 3 aromatic rings. The van der Waals surface area contributed by atoms with Crippen molar-refractivity contribution < 1.29 is 18.7 Å². The van der Waals surface area contributed by atoms with Crippen molar-refractivity contribution in [3.8, 4) is 0 Å². The van der Waals surface area contributed by atoms with Gasteiger partial charge in [-0.15, -0.1) is 0 Å². The normalized spacial score (nSPS) is 11.6. The fourth-order valence-corrected chi connectivity index (χ4v) is 2.99. The number of aliphatic carboxylic acids is 1. The highest BCUT2D eigenvalue weighted by Crippen LogP contribution is 2.39. The standard InChI is InChI=1S/C16H15ClO4/c1-8-6-11-10(4-3-5-13(18)19)15-12(7-9(2)20-15)14(17)16(11)21-8/h6-7H,3-5H2,1-2H3,(H,18,19). The summed E-state index contributed by atoms with van der Waals surface area (Å²) in [6.07, 6.45) is 1.29. The molecule has 0 fully saturated rings. The Morgan fingerprint density at radius 3 is 2.43 bits per heavy atom. The molecule has 0 bridgehead atoms. The summed E-state index contributed by atoms with van der Waals surface area (Å²) in [6.45, 7) is 3.73. The molecule has 2 aromatic heterocycles. The van der Waals surface area contributed by atoms with Crippen LogP contribution in [0.15, 0.2) is 21.0 Å². The van der Waals surface area contributed by atoms with Gasteiger partial charge in [-0.25, -0.2) is 0 Å². The smallest absolute Gasteiger partial charge is 0.303 e. The molecule has 4 nitrogen and oxygen atoms in total. The fourth-order valence-electron chi connectivity index (χ4n) is 2.71. The molecule has 0 aliphatic carbocycles. The maximum absolute atomic E-state index is 10.7. The van der Waals surface area contributed by atoms with Crippen molar-refractivity contribution in [2.24, 2.45) is 0 Å². The molecule has 0 aliphatic rings. The van der Waals surface area contributed by atoms with E-state index in [4.69, 9.17) is 25.5 Å². The number of carbonyl (C=O) groups is 1. The van der Waals surface area contributed by atoms with Crippen LogP contribution >= 0.6 is 11.6 Å². The summed E-state index contributed by atoms with van der Waals surface area (Å²) in [5.74, 6) is 0.752. The number of benzene rings is 1. The molecule has 0 atom stereocenters. The van der Waals surface area contributed by atoms with Gasteiger partial charge in [-0.05, 0) is 38.8 Å². The minimum Gasteiger partial charge on any atom is -0.481 e. The first-order valence-corrected chi connectivity index (χ1v) is 7.17. The van der Waals surface area contributed by atoms with Crippen molar-refractivity contribution in [3.63, 3.8) is 0 Å². The number of rotatable bonds is 4. The molecule has 1 N–H and O–H groups in total. The van der Waals surface area contributed by atoms with Crippen LogP contribution in [0.1, 0.15) is 29.9 Å². The summed E-state index contributed by atoms with van der Waals surface area (Å²) in [5, 5.41) is 11.1. The zero-order valence-electron chi connectivity index (χ0n) is 11.8. The van der Waals surface area contributed by atoms with Crippen LogP contribution in [0.4, 0.5) is 0 Å². The molecule has 0 radical (unpaired) electrons. The number of aryl methyl sites for hydroxylation is 3. The predicted molar refractivity (Wildman–Crippen MR) is 81.0 cm³/mol. The maximum atomic E-state index is 10.7. The van der Waals surface area contributed by atoms with Crippen LogP contribution in [-0.4, -0.2) is 11.1 Å². The van der Waals surface area contributed by atoms with Crippen molar-refractivity contribution >= 4 is 39.5 Å². The van der Waals surface area contributed by atoms with Gasteiger partial charge in [0.05, 0.1) is 5.02 Å². The number of fused-ring (bicyclic) bond motifs is 2. The number of carboxylic acid groups (broad SMARTS) is 1. The van der Waals surface area contributed by atoms with Gasteiger partial charge in [0.15, 0.2) is 5.58 Å². The van der Waals surface area contributed by atoms with Gasteiger partial charge in [0.1, 0.15) is 17.1 Å². The summed E-state index contributed by atoms with van der Waals surface area (Å²) >= 11 is 6.41. The van der Waals surface area contributed by atoms with Crippen LogP contribution in [0.3, 0.4) is 0 Å². The zero-order chi connectivity index (χ0) is 15.1. The Morgan fingerprint density at radius 2 is 1.76 bits per heavy atom. The summed E-state index contributed by atoms with van der Waals surface area (Å²) < 4.78 is 11.5. The van der Waals surface area contributed by atoms with E-state index in [1.807, 2.05) is 26.0 Å². The van der Waals surface area contributed by atoms with Crippen LogP contribution in [0.25, 0.3) is 21.9 Å². The highest BCUT2D eigenvalue weighted by Gasteiger charge is 2.19. The molecule has 3 rings (SSSR count). The van der Waals surface area contributed by atoms with Crippen molar-refractivity contribution in [2.45, 2.75) is 33.1 Å². The van der Waals surface area contributed by atoms with Crippen molar-refractivity contribution in [1.29, 1.82) is 0 Å². The Bertz CT molecular complexity index is 783. The Kier molecular flexibility index (Phi) is 3.41. The van der Waals surface area contributed by atoms with E-state index < -0.39 is 5.97 Å². The monoisotopic (exact) mass is 306 g/mol. The quantitative estimate of drug-likeness (QED) is 0.748. The first-order valence-electron chi connectivity index (χ1n) is 6.80. The largest absolute Gasteiger partial charge is 0.481 e. The van der Waals surface area contributed by atoms with E-state index in [2.05, 4.69) is 0 Å². The van der Waals surface area contributed by atoms with Crippen LogP contribution in [-0.2, 0) is 11.2 Å². The van der Waals surface area contributed by atoms with Crippen molar-refractivity contribution in [2.75, 3.05) is 0 Å². The Balaban J connectivity index is 2.21. The molecule has 0 spiro atoms. The van der Waals surface area contributed by atoms with Gasteiger partial charge in [-0.2, -0.15) is 0 Å². The second kappa shape index (κ2) is 5.11. The molecule has 21 heavy (non-hydrogen) atoms. The third kappa shape index (κ3) is 2.40. The first-order chi connectivity index (χ1) is 9.97. The minimum absolute atomic E-state index is 0.127. The van der Waals surface area contributed by atoms with Gasteiger partial charge in [-0.3, -0.25) is 4.79 Å². The van der Waals surface area contributed by atoms with E-state index in [1.54, 1.807) is 0 Å². The summed E-state index contributed by atoms with van der Waals surface area (Å²) in [6, 6.07) is 3.81. The van der Waals surface area contributed by atoms with Gasteiger partial charge < -0.3 is 13.9 Å². The summed E-state index contributed by atoms with van der Waals surface area (Å²) in [4.78, 5) is 10.7. The number of halogens is 1. The third-order valence-electron chi connectivity index (χ3n) is 3.56. The van der Waals surface area contributed by atoms with Gasteiger partial charge in [0.25, 0.3) is 0 Å². The van der Waals surface area contributed by atoms with E-state index >= 15 is 0 Å². The zero-order valence-corrected chi connectivity index (χ0v) is 12.6. The highest BCUT2D eigenvalue weighted by atomic mass is 35.5. The van der Waals surface area contributed by atoms with Crippen LogP contribution < -0.4 is 0 Å². The Morgan fingerprint density at radius 1 is 1.14 bits per heavy atom. The molecule has 2 heterocycles. The lowest BCUT2D eigenvalue weighted by Gasteiger charge is -2.05. The van der Waals surface area contributed by atoms with Crippen LogP contribution in [0.5, 0.6) is 0 Å². The van der Waals surface area contributed by atoms with E-state index in [1.165, 1.54) is 0 Å². The van der Waals surface area contributed by atoms with Gasteiger partial charge in [0, 0.05) is 22.8 Å². The Labute approximate surface area is 126 Å². The predicted octanol–water partition coefficient (Wildman–Crippen LogP) is 4.86. The average molecular weight is 307 g/mol. The van der Waals surface area contributed by atoms with E-state index in [-0.39, 0.29) is 6.42 Å². The first kappa shape index (κ1) is 14.0. The number of carboxylic acids is 1. The molecule has 110 valence electrons. The average Bonchev–Trinajstić information content (AvgIpc) is 2.96. The minimum atomic E-state index is -0.796. The molecule has 1 aromatic carbocycles. The molecule has 0 amide bonds. The van der Waals surface area contributed by atoms with Gasteiger partial charge >= 0.3 is 5.97 Å². The number of furan rings is 2. The summed E-state index contributed by atoms with van der Waals surface area (Å²) in [7, 11) is 0. The molecular formula is C16H15ClO4. The second-order valence-electron chi connectivity index (χ2n) is 5.24. The maximum Gasteiger partial charge on any atom is 0.303 e. The lowest BCUT2D eigenvalue weighted by Crippen LogP contribution is -1.96. The second-order valence-corrected chi connectivity index (χ2v) is 5.62. The number of hydrogen-bond donors (Lipinski definition) is 1. The molecule has 5 heteroatoms. The van der Waals surface area contributed by atoms with E-state index in [0.29, 0.717) is 23.4 Å². The van der Waals surface area contributed by atoms with E-state index in [9.17, 15) is 4.79 Å². The molecule has 0 saturated carbocycles. The van der Waals surface area contributed by atoms with Crippen molar-refractivity contribution in [3.05, 3.63) is 34.2 Å². The lowest BCUT2D eigenvalue weighted by atomic mass is 10.0.